The Hall–Kier alpha value is -3.84. The molecule has 2 N–H and O–H groups in total. The number of fused-ring (bicyclic) bond motifs is 1. The van der Waals surface area contributed by atoms with Gasteiger partial charge in [0.05, 0.1) is 5.52 Å². The lowest BCUT2D eigenvalue weighted by Crippen LogP contribution is -2.28. The summed E-state index contributed by atoms with van der Waals surface area (Å²) in [5, 5.41) is 7.34. The van der Waals surface area contributed by atoms with Crippen LogP contribution in [-0.2, 0) is 11.2 Å². The summed E-state index contributed by atoms with van der Waals surface area (Å²) in [6.07, 6.45) is 8.05. The van der Waals surface area contributed by atoms with Crippen LogP contribution in [0.1, 0.15) is 28.9 Å². The number of anilines is 1. The lowest BCUT2D eigenvalue weighted by atomic mass is 10.0. The van der Waals surface area contributed by atoms with Crippen molar-refractivity contribution in [1.29, 1.82) is 0 Å². The minimum Gasteiger partial charge on any atom is -0.381 e. The fourth-order valence-electron chi connectivity index (χ4n) is 4.09. The number of hydrogen-bond donors (Lipinski definition) is 2. The van der Waals surface area contributed by atoms with Crippen LogP contribution in [0.3, 0.4) is 0 Å². The highest BCUT2D eigenvalue weighted by Gasteiger charge is 2.14. The summed E-state index contributed by atoms with van der Waals surface area (Å²) in [5.74, 6) is 0.603. The van der Waals surface area contributed by atoms with Gasteiger partial charge in [0.2, 0.25) is 0 Å². The molecule has 3 aromatic heterocycles. The van der Waals surface area contributed by atoms with E-state index in [0.717, 1.165) is 60.3 Å². The molecular weight excluding hydrogens is 426 g/mol. The predicted molar refractivity (Wildman–Crippen MR) is 133 cm³/mol. The van der Waals surface area contributed by atoms with Crippen molar-refractivity contribution in [2.24, 2.45) is 0 Å². The molecule has 1 aliphatic heterocycles. The third-order valence-electron chi connectivity index (χ3n) is 6.05. The molecule has 7 heteroatoms. The Bertz CT molecular complexity index is 1260. The molecule has 0 unspecified atom stereocenters. The van der Waals surface area contributed by atoms with E-state index < -0.39 is 0 Å². The molecule has 5 rings (SSSR count). The zero-order valence-corrected chi connectivity index (χ0v) is 18.9. The minimum atomic E-state index is -0.175. The lowest BCUT2D eigenvalue weighted by Gasteiger charge is -2.23. The van der Waals surface area contributed by atoms with Gasteiger partial charge in [0.15, 0.2) is 0 Å². The Balaban J connectivity index is 1.18. The first-order chi connectivity index (χ1) is 16.7. The van der Waals surface area contributed by atoms with Gasteiger partial charge in [-0.25, -0.2) is 9.97 Å². The normalized spacial score (nSPS) is 14.1. The third-order valence-corrected chi connectivity index (χ3v) is 6.05. The molecule has 1 aliphatic rings. The SMILES string of the molecule is O=C(NCCc1ccc(-c2ccncc2)cc1)c1ccc2cnc(NC3CCOCC3)cc2n1. The van der Waals surface area contributed by atoms with Crippen molar-refractivity contribution in [3.05, 3.63) is 84.4 Å². The Kier molecular flexibility index (Phi) is 6.72. The molecule has 1 saturated heterocycles. The van der Waals surface area contributed by atoms with E-state index in [9.17, 15) is 4.79 Å². The average molecular weight is 454 g/mol. The number of aromatic nitrogens is 3. The van der Waals surface area contributed by atoms with E-state index in [4.69, 9.17) is 4.74 Å². The number of amides is 1. The molecule has 0 saturated carbocycles. The van der Waals surface area contributed by atoms with Crippen molar-refractivity contribution >= 4 is 22.6 Å². The highest BCUT2D eigenvalue weighted by Crippen LogP contribution is 2.20. The molecule has 1 fully saturated rings. The number of carbonyl (C=O) groups excluding carboxylic acids is 1. The Morgan fingerprint density at radius 1 is 0.971 bits per heavy atom. The Morgan fingerprint density at radius 2 is 1.74 bits per heavy atom. The van der Waals surface area contributed by atoms with Gasteiger partial charge in [-0.15, -0.1) is 0 Å². The highest BCUT2D eigenvalue weighted by atomic mass is 16.5. The van der Waals surface area contributed by atoms with Crippen LogP contribution in [0, 0.1) is 0 Å². The number of pyridine rings is 3. The zero-order chi connectivity index (χ0) is 23.2. The molecule has 172 valence electrons. The number of nitrogens with one attached hydrogen (secondary N) is 2. The standard InChI is InChI=1S/C27H27N5O2/c33-27(29-14-7-19-1-3-20(4-2-19)21-8-12-28-13-9-21)24-6-5-22-18-30-26(17-25(22)32-24)31-23-10-15-34-16-11-23/h1-6,8-9,12-13,17-18,23H,7,10-11,14-16H2,(H,29,33)(H,30,31). The van der Waals surface area contributed by atoms with E-state index in [0.29, 0.717) is 18.3 Å². The minimum absolute atomic E-state index is 0.175. The van der Waals surface area contributed by atoms with Gasteiger partial charge in [-0.1, -0.05) is 24.3 Å². The first-order valence-corrected chi connectivity index (χ1v) is 11.6. The van der Waals surface area contributed by atoms with E-state index in [1.54, 1.807) is 24.7 Å². The zero-order valence-electron chi connectivity index (χ0n) is 18.9. The van der Waals surface area contributed by atoms with Crippen molar-refractivity contribution in [3.63, 3.8) is 0 Å². The van der Waals surface area contributed by atoms with Crippen LogP contribution in [0.25, 0.3) is 22.0 Å². The van der Waals surface area contributed by atoms with Gasteiger partial charge in [-0.3, -0.25) is 9.78 Å². The molecule has 4 heterocycles. The topological polar surface area (TPSA) is 89.0 Å². The van der Waals surface area contributed by atoms with E-state index in [1.807, 2.05) is 24.3 Å². The van der Waals surface area contributed by atoms with Crippen molar-refractivity contribution in [3.8, 4) is 11.1 Å². The van der Waals surface area contributed by atoms with Crippen LogP contribution in [0.5, 0.6) is 0 Å². The van der Waals surface area contributed by atoms with Crippen LogP contribution in [-0.4, -0.2) is 46.7 Å². The largest absolute Gasteiger partial charge is 0.381 e. The molecular formula is C27H27N5O2. The van der Waals surface area contributed by atoms with E-state index >= 15 is 0 Å². The van der Waals surface area contributed by atoms with Crippen molar-refractivity contribution in [1.82, 2.24) is 20.3 Å². The number of benzene rings is 1. The van der Waals surface area contributed by atoms with Crippen molar-refractivity contribution in [2.45, 2.75) is 25.3 Å². The second-order valence-corrected chi connectivity index (χ2v) is 8.43. The third kappa shape index (κ3) is 5.38. The van der Waals surface area contributed by atoms with Crippen molar-refractivity contribution in [2.75, 3.05) is 25.1 Å². The summed E-state index contributed by atoms with van der Waals surface area (Å²) in [6, 6.07) is 18.3. The molecule has 1 amide bonds. The maximum Gasteiger partial charge on any atom is 0.269 e. The molecule has 4 aromatic rings. The fourth-order valence-corrected chi connectivity index (χ4v) is 4.09. The molecule has 0 radical (unpaired) electrons. The van der Waals surface area contributed by atoms with Gasteiger partial charge < -0.3 is 15.4 Å². The van der Waals surface area contributed by atoms with Crippen LogP contribution < -0.4 is 10.6 Å². The van der Waals surface area contributed by atoms with Crippen LogP contribution in [0.2, 0.25) is 0 Å². The van der Waals surface area contributed by atoms with Crippen LogP contribution in [0.15, 0.2) is 73.2 Å². The predicted octanol–water partition coefficient (Wildman–Crippen LogP) is 4.26. The van der Waals surface area contributed by atoms with E-state index in [1.165, 1.54) is 5.56 Å². The number of ether oxygens (including phenoxy) is 1. The first kappa shape index (κ1) is 22.0. The number of carbonyl (C=O) groups is 1. The second kappa shape index (κ2) is 10.4. The molecule has 1 aromatic carbocycles. The summed E-state index contributed by atoms with van der Waals surface area (Å²) in [6.45, 7) is 2.07. The highest BCUT2D eigenvalue weighted by molar-refractivity contribution is 5.95. The maximum atomic E-state index is 12.7. The first-order valence-electron chi connectivity index (χ1n) is 11.6. The lowest BCUT2D eigenvalue weighted by molar-refractivity contribution is 0.0903. The monoisotopic (exact) mass is 453 g/mol. The number of hydrogen-bond acceptors (Lipinski definition) is 6. The van der Waals surface area contributed by atoms with Gasteiger partial charge >= 0.3 is 0 Å². The quantitative estimate of drug-likeness (QED) is 0.435. The average Bonchev–Trinajstić information content (AvgIpc) is 2.90. The second-order valence-electron chi connectivity index (χ2n) is 8.43. The molecule has 0 bridgehead atoms. The fraction of sp³-hybridized carbons (Fsp3) is 0.259. The summed E-state index contributed by atoms with van der Waals surface area (Å²) in [5.41, 5.74) is 4.61. The Labute approximate surface area is 198 Å². The smallest absolute Gasteiger partial charge is 0.269 e. The summed E-state index contributed by atoms with van der Waals surface area (Å²) in [4.78, 5) is 25.8. The van der Waals surface area contributed by atoms with Crippen LogP contribution >= 0.6 is 0 Å². The van der Waals surface area contributed by atoms with Gasteiger partial charge in [-0.2, -0.15) is 0 Å². The van der Waals surface area contributed by atoms with Crippen LogP contribution in [0.4, 0.5) is 5.82 Å². The van der Waals surface area contributed by atoms with Crippen molar-refractivity contribution < 1.29 is 9.53 Å². The molecule has 0 atom stereocenters. The molecule has 7 nitrogen and oxygen atoms in total. The van der Waals surface area contributed by atoms with Gasteiger partial charge in [-0.05, 0) is 60.2 Å². The molecule has 0 spiro atoms. The summed E-state index contributed by atoms with van der Waals surface area (Å²) >= 11 is 0. The summed E-state index contributed by atoms with van der Waals surface area (Å²) in [7, 11) is 0. The van der Waals surface area contributed by atoms with E-state index in [-0.39, 0.29) is 5.91 Å². The van der Waals surface area contributed by atoms with Gasteiger partial charge in [0.1, 0.15) is 11.5 Å². The number of rotatable bonds is 7. The van der Waals surface area contributed by atoms with Gasteiger partial charge in [0, 0.05) is 55.8 Å². The molecule has 0 aliphatic carbocycles. The molecule has 34 heavy (non-hydrogen) atoms. The van der Waals surface area contributed by atoms with Gasteiger partial charge in [0.25, 0.3) is 5.91 Å². The maximum absolute atomic E-state index is 12.7. The van der Waals surface area contributed by atoms with E-state index in [2.05, 4.69) is 49.9 Å². The summed E-state index contributed by atoms with van der Waals surface area (Å²) < 4.78 is 5.41. The Morgan fingerprint density at radius 3 is 2.53 bits per heavy atom. The number of nitrogens with zero attached hydrogens (tertiary/aromatic N) is 3.